The molecule has 0 fully saturated rings. The predicted octanol–water partition coefficient (Wildman–Crippen LogP) is 14.9. The fraction of sp³-hybridized carbons (Fsp3) is 0. The maximum atomic E-state index is 2.48. The van der Waals surface area contributed by atoms with Crippen LogP contribution >= 0.6 is 22.7 Å². The fourth-order valence-electron chi connectivity index (χ4n) is 7.52. The van der Waals surface area contributed by atoms with E-state index in [1.165, 1.54) is 79.4 Å². The summed E-state index contributed by atoms with van der Waals surface area (Å²) in [4.78, 5) is 2.48. The lowest BCUT2D eigenvalue weighted by Crippen LogP contribution is -2.11. The summed E-state index contributed by atoms with van der Waals surface area (Å²) in [6.07, 6.45) is 0. The number of benzene rings is 8. The number of hydrogen-bond donors (Lipinski definition) is 0. The van der Waals surface area contributed by atoms with Crippen LogP contribution in [0.5, 0.6) is 0 Å². The van der Waals surface area contributed by atoms with Gasteiger partial charge < -0.3 is 4.90 Å². The third-order valence-corrected chi connectivity index (χ3v) is 12.2. The Morgan fingerprint density at radius 1 is 0.333 bits per heavy atom. The summed E-state index contributed by atoms with van der Waals surface area (Å²) in [7, 11) is 0. The fourth-order valence-corrected chi connectivity index (χ4v) is 9.89. The first kappa shape index (κ1) is 29.9. The summed E-state index contributed by atoms with van der Waals surface area (Å²) < 4.78 is 5.22. The summed E-state index contributed by atoms with van der Waals surface area (Å²) in [6.45, 7) is 0. The van der Waals surface area contributed by atoms with Gasteiger partial charge in [0.05, 0.1) is 10.4 Å². The molecule has 10 rings (SSSR count). The first-order chi connectivity index (χ1) is 25.3. The van der Waals surface area contributed by atoms with E-state index in [0.717, 1.165) is 11.4 Å². The van der Waals surface area contributed by atoms with Crippen molar-refractivity contribution in [1.29, 1.82) is 0 Å². The number of anilines is 3. The van der Waals surface area contributed by atoms with Crippen LogP contribution in [0, 0.1) is 0 Å². The Morgan fingerprint density at radius 3 is 1.73 bits per heavy atom. The molecule has 0 radical (unpaired) electrons. The zero-order valence-electron chi connectivity index (χ0n) is 27.7. The average molecular weight is 686 g/mol. The van der Waals surface area contributed by atoms with E-state index in [4.69, 9.17) is 0 Å². The highest BCUT2D eigenvalue weighted by atomic mass is 32.1. The first-order valence-corrected chi connectivity index (χ1v) is 18.9. The lowest BCUT2D eigenvalue weighted by molar-refractivity contribution is 1.30. The van der Waals surface area contributed by atoms with Crippen molar-refractivity contribution in [1.82, 2.24) is 0 Å². The Kier molecular flexibility index (Phi) is 7.26. The molecule has 2 heterocycles. The van der Waals surface area contributed by atoms with Crippen molar-refractivity contribution >= 4 is 80.1 Å². The van der Waals surface area contributed by atoms with E-state index in [-0.39, 0.29) is 0 Å². The van der Waals surface area contributed by atoms with E-state index in [1.807, 2.05) is 22.7 Å². The first-order valence-electron chi connectivity index (χ1n) is 17.3. The Hall–Kier alpha value is -6.00. The van der Waals surface area contributed by atoms with Crippen LogP contribution in [-0.4, -0.2) is 0 Å². The number of fused-ring (bicyclic) bond motifs is 6. The Balaban J connectivity index is 1.23. The van der Waals surface area contributed by atoms with E-state index < -0.39 is 0 Å². The highest BCUT2D eigenvalue weighted by Crippen LogP contribution is 2.50. The van der Waals surface area contributed by atoms with Gasteiger partial charge >= 0.3 is 0 Å². The number of nitrogens with zero attached hydrogens (tertiary/aromatic N) is 1. The number of hydrogen-bond acceptors (Lipinski definition) is 3. The van der Waals surface area contributed by atoms with Gasteiger partial charge in [0, 0.05) is 52.6 Å². The molecule has 0 aliphatic rings. The van der Waals surface area contributed by atoms with E-state index in [9.17, 15) is 0 Å². The molecule has 0 atom stereocenters. The monoisotopic (exact) mass is 685 g/mol. The molecule has 240 valence electrons. The van der Waals surface area contributed by atoms with Crippen LogP contribution in [0.15, 0.2) is 188 Å². The Bertz CT molecular complexity index is 2850. The van der Waals surface area contributed by atoms with Gasteiger partial charge in [-0.1, -0.05) is 146 Å². The molecule has 51 heavy (non-hydrogen) atoms. The van der Waals surface area contributed by atoms with Crippen LogP contribution in [0.1, 0.15) is 0 Å². The lowest BCUT2D eigenvalue weighted by Gasteiger charge is -2.29. The summed E-state index contributed by atoms with van der Waals surface area (Å²) in [6, 6.07) is 68.6. The van der Waals surface area contributed by atoms with Crippen molar-refractivity contribution in [2.24, 2.45) is 0 Å². The van der Waals surface area contributed by atoms with Crippen LogP contribution < -0.4 is 4.90 Å². The highest BCUT2D eigenvalue weighted by molar-refractivity contribution is 7.26. The molecule has 0 spiro atoms. The Labute approximate surface area is 304 Å². The van der Waals surface area contributed by atoms with Crippen molar-refractivity contribution in [3.8, 4) is 33.4 Å². The minimum absolute atomic E-state index is 1.12. The molecule has 0 saturated carbocycles. The summed E-state index contributed by atoms with van der Waals surface area (Å²) in [5.74, 6) is 0. The van der Waals surface area contributed by atoms with Gasteiger partial charge in [0.2, 0.25) is 0 Å². The van der Waals surface area contributed by atoms with Gasteiger partial charge in [-0.25, -0.2) is 0 Å². The quantitative estimate of drug-likeness (QED) is 0.168. The topological polar surface area (TPSA) is 3.24 Å². The smallest absolute Gasteiger partial charge is 0.0718 e. The molecular weight excluding hydrogens is 655 g/mol. The van der Waals surface area contributed by atoms with Gasteiger partial charge in [0.25, 0.3) is 0 Å². The molecule has 0 amide bonds. The number of rotatable bonds is 6. The number of thiophene rings is 2. The lowest BCUT2D eigenvalue weighted by atomic mass is 9.97. The van der Waals surface area contributed by atoms with Gasteiger partial charge in [-0.3, -0.25) is 0 Å². The standard InChI is InChI=1S/C48H31NS2/c1-3-13-32(14-4-1)35-17-11-18-37(31-35)49(36-27-25-34(26-28-36)38-21-12-24-45-46(38)42-20-8-10-23-44(42)50-45)47-39(33-15-5-2-6-16-33)29-30-41-40-19-7-9-22-43(40)51-48(41)47/h1-31H. The van der Waals surface area contributed by atoms with Crippen LogP contribution in [0.25, 0.3) is 73.7 Å². The molecule has 2 aromatic heterocycles. The molecule has 0 saturated heterocycles. The molecular formula is C48H31NS2. The van der Waals surface area contributed by atoms with Crippen LogP contribution in [-0.2, 0) is 0 Å². The Morgan fingerprint density at radius 2 is 0.941 bits per heavy atom. The van der Waals surface area contributed by atoms with Crippen molar-refractivity contribution in [3.63, 3.8) is 0 Å². The third kappa shape index (κ3) is 5.13. The summed E-state index contributed by atoms with van der Waals surface area (Å²) in [5, 5.41) is 5.23. The van der Waals surface area contributed by atoms with Crippen molar-refractivity contribution < 1.29 is 0 Å². The molecule has 8 aromatic carbocycles. The zero-order valence-corrected chi connectivity index (χ0v) is 29.3. The highest BCUT2D eigenvalue weighted by Gasteiger charge is 2.23. The second kappa shape index (κ2) is 12.4. The predicted molar refractivity (Wildman–Crippen MR) is 223 cm³/mol. The molecule has 0 aliphatic heterocycles. The average Bonchev–Trinajstić information content (AvgIpc) is 3.78. The van der Waals surface area contributed by atoms with E-state index >= 15 is 0 Å². The van der Waals surface area contributed by atoms with E-state index in [1.54, 1.807) is 0 Å². The second-order valence-corrected chi connectivity index (χ2v) is 15.0. The molecule has 1 nitrogen and oxygen atoms in total. The van der Waals surface area contributed by atoms with Crippen molar-refractivity contribution in [3.05, 3.63) is 188 Å². The van der Waals surface area contributed by atoms with Crippen LogP contribution in [0.3, 0.4) is 0 Å². The van der Waals surface area contributed by atoms with Crippen LogP contribution in [0.2, 0.25) is 0 Å². The van der Waals surface area contributed by atoms with Gasteiger partial charge in [-0.2, -0.15) is 0 Å². The molecule has 0 unspecified atom stereocenters. The maximum absolute atomic E-state index is 2.48. The molecule has 10 aromatic rings. The van der Waals surface area contributed by atoms with Crippen molar-refractivity contribution in [2.75, 3.05) is 4.90 Å². The zero-order chi connectivity index (χ0) is 33.7. The van der Waals surface area contributed by atoms with E-state index in [2.05, 4.69) is 193 Å². The van der Waals surface area contributed by atoms with Crippen molar-refractivity contribution in [2.45, 2.75) is 0 Å². The summed E-state index contributed by atoms with van der Waals surface area (Å²) >= 11 is 3.75. The molecule has 3 heteroatoms. The van der Waals surface area contributed by atoms with Gasteiger partial charge in [0.15, 0.2) is 0 Å². The van der Waals surface area contributed by atoms with Gasteiger partial charge in [-0.15, -0.1) is 22.7 Å². The summed E-state index contributed by atoms with van der Waals surface area (Å²) in [5.41, 5.74) is 10.7. The van der Waals surface area contributed by atoms with Gasteiger partial charge in [0.1, 0.15) is 0 Å². The van der Waals surface area contributed by atoms with Crippen LogP contribution in [0.4, 0.5) is 17.1 Å². The normalized spacial score (nSPS) is 11.5. The largest absolute Gasteiger partial charge is 0.308 e. The molecule has 0 aliphatic carbocycles. The van der Waals surface area contributed by atoms with Gasteiger partial charge in [-0.05, 0) is 70.3 Å². The minimum atomic E-state index is 1.12. The maximum Gasteiger partial charge on any atom is 0.0718 e. The van der Waals surface area contributed by atoms with E-state index in [0.29, 0.717) is 0 Å². The minimum Gasteiger partial charge on any atom is -0.308 e. The molecule has 0 N–H and O–H groups in total. The second-order valence-electron chi connectivity index (χ2n) is 12.9. The third-order valence-electron chi connectivity index (χ3n) is 9.88. The molecule has 0 bridgehead atoms. The SMILES string of the molecule is c1ccc(-c2cccc(N(c3ccc(-c4cccc5sc6ccccc6c45)cc3)c3c(-c4ccccc4)ccc4c3sc3ccccc34)c2)cc1.